The molecule has 0 radical (unpaired) electrons. The van der Waals surface area contributed by atoms with E-state index in [0.717, 1.165) is 12.8 Å². The van der Waals surface area contributed by atoms with E-state index in [4.69, 9.17) is 11.6 Å². The Morgan fingerprint density at radius 3 is 2.19 bits per heavy atom. The average Bonchev–Trinajstić information content (AvgIpc) is 3.51. The Bertz CT molecular complexity index is 1050. The van der Waals surface area contributed by atoms with Crippen molar-refractivity contribution in [3.63, 3.8) is 0 Å². The van der Waals surface area contributed by atoms with Crippen molar-refractivity contribution in [2.45, 2.75) is 44.0 Å². The Hall–Kier alpha value is -2.45. The van der Waals surface area contributed by atoms with E-state index in [2.05, 4.69) is 0 Å². The van der Waals surface area contributed by atoms with Gasteiger partial charge in [0, 0.05) is 16.8 Å². The summed E-state index contributed by atoms with van der Waals surface area (Å²) in [5.41, 5.74) is 0.440. The van der Waals surface area contributed by atoms with Crippen molar-refractivity contribution in [3.8, 4) is 0 Å². The van der Waals surface area contributed by atoms with Gasteiger partial charge < -0.3 is 4.90 Å². The molecule has 1 aliphatic rings. The smallest absolute Gasteiger partial charge is 0.264 e. The van der Waals surface area contributed by atoms with E-state index in [1.54, 1.807) is 13.8 Å². The quantitative estimate of drug-likeness (QED) is 0.592. The van der Waals surface area contributed by atoms with Gasteiger partial charge in [0.25, 0.3) is 10.0 Å². The molecule has 2 aromatic rings. The number of sulfonamides is 1. The van der Waals surface area contributed by atoms with Crippen LogP contribution in [0.15, 0.2) is 53.4 Å². The summed E-state index contributed by atoms with van der Waals surface area (Å²) in [6, 6.07) is 10.5. The highest BCUT2D eigenvalue weighted by Crippen LogP contribution is 2.36. The summed E-state index contributed by atoms with van der Waals surface area (Å²) in [6.07, 6.45) is 2.03. The highest BCUT2D eigenvalue weighted by Gasteiger charge is 2.39. The zero-order valence-electron chi connectivity index (χ0n) is 17.2. The Balaban J connectivity index is 1.87. The molecule has 1 aliphatic carbocycles. The van der Waals surface area contributed by atoms with Gasteiger partial charge in [0.1, 0.15) is 11.7 Å². The van der Waals surface area contributed by atoms with Gasteiger partial charge >= 0.3 is 0 Å². The zero-order valence-corrected chi connectivity index (χ0v) is 18.8. The van der Waals surface area contributed by atoms with E-state index in [9.17, 15) is 22.4 Å². The van der Waals surface area contributed by atoms with Crippen LogP contribution in [0.4, 0.5) is 10.1 Å². The van der Waals surface area contributed by atoms with Gasteiger partial charge in [0.15, 0.2) is 0 Å². The third-order valence-corrected chi connectivity index (χ3v) is 6.71. The number of hydrogen-bond donors (Lipinski definition) is 1. The molecule has 6 nitrogen and oxygen atoms in total. The average molecular weight is 467 g/mol. The number of carbonyl (C=O) groups is 2. The summed E-state index contributed by atoms with van der Waals surface area (Å²) >= 11 is 5.80. The SMILES string of the molecule is CC(C)N(C(=O)C(CC1CC1)C(=O)NS(=O)(=O)c1ccc(Cl)cc1)c1ccc(F)cc1. The fourth-order valence-corrected chi connectivity index (χ4v) is 4.48. The first-order valence-corrected chi connectivity index (χ1v) is 11.9. The lowest BCUT2D eigenvalue weighted by Crippen LogP contribution is -2.48. The van der Waals surface area contributed by atoms with Crippen LogP contribution in [0.5, 0.6) is 0 Å². The maximum Gasteiger partial charge on any atom is 0.264 e. The van der Waals surface area contributed by atoms with Gasteiger partial charge in [-0.3, -0.25) is 9.59 Å². The molecule has 2 aromatic carbocycles. The highest BCUT2D eigenvalue weighted by molar-refractivity contribution is 7.90. The first kappa shape index (κ1) is 23.2. The molecule has 0 aliphatic heterocycles. The molecule has 1 fully saturated rings. The number of benzene rings is 2. The van der Waals surface area contributed by atoms with E-state index in [1.165, 1.54) is 53.4 Å². The second-order valence-corrected chi connectivity index (χ2v) is 10.1. The van der Waals surface area contributed by atoms with Crippen molar-refractivity contribution < 1.29 is 22.4 Å². The van der Waals surface area contributed by atoms with Crippen LogP contribution >= 0.6 is 11.6 Å². The second kappa shape index (κ2) is 9.36. The third kappa shape index (κ3) is 5.83. The van der Waals surface area contributed by atoms with Gasteiger partial charge in [0.05, 0.1) is 4.90 Å². The lowest BCUT2D eigenvalue weighted by Gasteiger charge is -2.30. The third-order valence-electron chi connectivity index (χ3n) is 5.10. The Labute approximate surface area is 186 Å². The van der Waals surface area contributed by atoms with Gasteiger partial charge in [-0.1, -0.05) is 24.4 Å². The normalized spacial score (nSPS) is 14.9. The zero-order chi connectivity index (χ0) is 22.8. The van der Waals surface area contributed by atoms with Crippen LogP contribution < -0.4 is 9.62 Å². The Kier molecular flexibility index (Phi) is 7.01. The van der Waals surface area contributed by atoms with E-state index >= 15 is 0 Å². The van der Waals surface area contributed by atoms with Crippen molar-refractivity contribution in [2.75, 3.05) is 4.90 Å². The molecule has 0 aromatic heterocycles. The first-order chi connectivity index (χ1) is 14.6. The van der Waals surface area contributed by atoms with Gasteiger partial charge in [-0.05, 0) is 74.7 Å². The standard InChI is InChI=1S/C22H24ClFN2O4S/c1-14(2)26(18-9-7-17(24)8-10-18)22(28)20(13-15-3-4-15)21(27)25-31(29,30)19-11-5-16(23)6-12-19/h5-12,14-15,20H,3-4,13H2,1-2H3,(H,25,27). The molecule has 1 atom stereocenters. The topological polar surface area (TPSA) is 83.6 Å². The predicted molar refractivity (Wildman–Crippen MR) is 117 cm³/mol. The molecule has 1 saturated carbocycles. The summed E-state index contributed by atoms with van der Waals surface area (Å²) < 4.78 is 40.7. The minimum absolute atomic E-state index is 0.123. The second-order valence-electron chi connectivity index (χ2n) is 7.93. The number of halogens is 2. The number of carbonyl (C=O) groups excluding carboxylic acids is 2. The molecule has 1 N–H and O–H groups in total. The van der Waals surface area contributed by atoms with Crippen LogP contribution in [0, 0.1) is 17.7 Å². The largest absolute Gasteiger partial charge is 0.309 e. The number of nitrogens with one attached hydrogen (secondary N) is 1. The summed E-state index contributed by atoms with van der Waals surface area (Å²) in [7, 11) is -4.16. The molecule has 3 rings (SSSR count). The Morgan fingerprint density at radius 1 is 1.10 bits per heavy atom. The van der Waals surface area contributed by atoms with Crippen LogP contribution in [-0.2, 0) is 19.6 Å². The fourth-order valence-electron chi connectivity index (χ4n) is 3.33. The number of anilines is 1. The van der Waals surface area contributed by atoms with Crippen LogP contribution in [0.25, 0.3) is 0 Å². The lowest BCUT2D eigenvalue weighted by atomic mass is 9.98. The van der Waals surface area contributed by atoms with Crippen molar-refractivity contribution in [2.24, 2.45) is 11.8 Å². The monoisotopic (exact) mass is 466 g/mol. The molecule has 9 heteroatoms. The molecular formula is C22H24ClFN2O4S. The maximum atomic E-state index is 13.4. The fraction of sp³-hybridized carbons (Fsp3) is 0.364. The molecule has 31 heavy (non-hydrogen) atoms. The number of nitrogens with zero attached hydrogens (tertiary/aromatic N) is 1. The molecule has 0 saturated heterocycles. The summed E-state index contributed by atoms with van der Waals surface area (Å²) in [6.45, 7) is 3.55. The molecule has 2 amide bonds. The van der Waals surface area contributed by atoms with Crippen molar-refractivity contribution in [1.29, 1.82) is 0 Å². The summed E-state index contributed by atoms with van der Waals surface area (Å²) in [4.78, 5) is 27.7. The Morgan fingerprint density at radius 2 is 1.68 bits per heavy atom. The molecule has 0 heterocycles. The molecule has 0 bridgehead atoms. The molecule has 0 spiro atoms. The summed E-state index contributed by atoms with van der Waals surface area (Å²) in [5.74, 6) is -2.82. The van der Waals surface area contributed by atoms with E-state index < -0.39 is 33.6 Å². The van der Waals surface area contributed by atoms with E-state index in [1.807, 2.05) is 4.72 Å². The van der Waals surface area contributed by atoms with E-state index in [0.29, 0.717) is 10.7 Å². The predicted octanol–water partition coefficient (Wildman–Crippen LogP) is 4.14. The van der Waals surface area contributed by atoms with Crippen LogP contribution in [0.1, 0.15) is 33.1 Å². The van der Waals surface area contributed by atoms with Gasteiger partial charge in [-0.15, -0.1) is 0 Å². The van der Waals surface area contributed by atoms with Crippen LogP contribution in [0.3, 0.4) is 0 Å². The number of amides is 2. The van der Waals surface area contributed by atoms with Crippen LogP contribution in [-0.4, -0.2) is 26.3 Å². The van der Waals surface area contributed by atoms with Gasteiger partial charge in [0.2, 0.25) is 11.8 Å². The first-order valence-electron chi connectivity index (χ1n) is 9.99. The van der Waals surface area contributed by atoms with E-state index in [-0.39, 0.29) is 23.3 Å². The maximum absolute atomic E-state index is 13.4. The minimum Gasteiger partial charge on any atom is -0.309 e. The van der Waals surface area contributed by atoms with Crippen molar-refractivity contribution in [1.82, 2.24) is 4.72 Å². The highest BCUT2D eigenvalue weighted by atomic mass is 35.5. The van der Waals surface area contributed by atoms with Gasteiger partial charge in [-0.2, -0.15) is 0 Å². The lowest BCUT2D eigenvalue weighted by molar-refractivity contribution is -0.133. The molecular weight excluding hydrogens is 443 g/mol. The minimum atomic E-state index is -4.16. The molecule has 1 unspecified atom stereocenters. The van der Waals surface area contributed by atoms with Crippen molar-refractivity contribution >= 4 is 39.1 Å². The van der Waals surface area contributed by atoms with Crippen molar-refractivity contribution in [3.05, 3.63) is 59.4 Å². The number of hydrogen-bond acceptors (Lipinski definition) is 4. The van der Waals surface area contributed by atoms with Crippen LogP contribution in [0.2, 0.25) is 5.02 Å². The summed E-state index contributed by atoms with van der Waals surface area (Å²) in [5, 5.41) is 0.360. The molecule has 166 valence electrons. The van der Waals surface area contributed by atoms with Gasteiger partial charge in [-0.25, -0.2) is 17.5 Å². The number of rotatable bonds is 8.